The molecule has 1 N–H and O–H groups in total. The molecule has 15 heavy (non-hydrogen) atoms. The molecule has 1 aromatic rings. The third-order valence-corrected chi connectivity index (χ3v) is 2.72. The van der Waals surface area contributed by atoms with Crippen LogP contribution in [0.15, 0.2) is 24.4 Å². The van der Waals surface area contributed by atoms with Crippen molar-refractivity contribution in [2.24, 2.45) is 5.92 Å². The van der Waals surface area contributed by atoms with Crippen molar-refractivity contribution in [2.75, 3.05) is 18.0 Å². The molecule has 1 saturated heterocycles. The van der Waals surface area contributed by atoms with Crippen LogP contribution in [0, 0.1) is 5.92 Å². The lowest BCUT2D eigenvalue weighted by molar-refractivity contribution is -0.137. The Morgan fingerprint density at radius 2 is 2.47 bits per heavy atom. The number of carbonyl (C=O) groups is 1. The molecule has 1 aromatic heterocycles. The van der Waals surface area contributed by atoms with Crippen LogP contribution in [0.25, 0.3) is 0 Å². The molecule has 2 heterocycles. The Balaban J connectivity index is 1.96. The molecule has 0 aromatic carbocycles. The molecular weight excluding hydrogens is 192 g/mol. The molecule has 0 radical (unpaired) electrons. The fourth-order valence-corrected chi connectivity index (χ4v) is 2.00. The lowest BCUT2D eigenvalue weighted by atomic mass is 10.1. The minimum absolute atomic E-state index is 0.267. The van der Waals surface area contributed by atoms with Crippen LogP contribution in [-0.2, 0) is 4.79 Å². The summed E-state index contributed by atoms with van der Waals surface area (Å²) in [6.45, 7) is 1.72. The number of rotatable bonds is 3. The van der Waals surface area contributed by atoms with Gasteiger partial charge in [-0.25, -0.2) is 4.98 Å². The van der Waals surface area contributed by atoms with Gasteiger partial charge in [-0.1, -0.05) is 6.07 Å². The highest BCUT2D eigenvalue weighted by Crippen LogP contribution is 2.23. The Labute approximate surface area is 88.6 Å². The van der Waals surface area contributed by atoms with E-state index in [0.29, 0.717) is 0 Å². The van der Waals surface area contributed by atoms with Gasteiger partial charge in [-0.2, -0.15) is 0 Å². The maximum Gasteiger partial charge on any atom is 0.303 e. The average Bonchev–Trinajstić information content (AvgIpc) is 2.67. The lowest BCUT2D eigenvalue weighted by Crippen LogP contribution is -2.21. The molecule has 4 heteroatoms. The summed E-state index contributed by atoms with van der Waals surface area (Å²) in [7, 11) is 0. The quantitative estimate of drug-likeness (QED) is 0.811. The van der Waals surface area contributed by atoms with E-state index in [1.54, 1.807) is 6.20 Å². The van der Waals surface area contributed by atoms with Gasteiger partial charge in [0.2, 0.25) is 0 Å². The van der Waals surface area contributed by atoms with Gasteiger partial charge in [-0.05, 0) is 24.5 Å². The van der Waals surface area contributed by atoms with Crippen molar-refractivity contribution in [1.29, 1.82) is 0 Å². The van der Waals surface area contributed by atoms with Gasteiger partial charge in [-0.15, -0.1) is 0 Å². The summed E-state index contributed by atoms with van der Waals surface area (Å²) < 4.78 is 0. The number of aliphatic carboxylic acids is 1. The first-order chi connectivity index (χ1) is 7.25. The first-order valence-electron chi connectivity index (χ1n) is 5.13. The first-order valence-corrected chi connectivity index (χ1v) is 5.13. The number of aromatic nitrogens is 1. The van der Waals surface area contributed by atoms with E-state index in [0.717, 1.165) is 25.3 Å². The topological polar surface area (TPSA) is 53.4 Å². The number of nitrogens with zero attached hydrogens (tertiary/aromatic N) is 2. The van der Waals surface area contributed by atoms with E-state index in [1.807, 2.05) is 18.2 Å². The Morgan fingerprint density at radius 3 is 3.13 bits per heavy atom. The zero-order valence-corrected chi connectivity index (χ0v) is 8.47. The number of hydrogen-bond acceptors (Lipinski definition) is 3. The third-order valence-electron chi connectivity index (χ3n) is 2.72. The summed E-state index contributed by atoms with van der Waals surface area (Å²) in [6, 6.07) is 5.80. The molecule has 1 fully saturated rings. The van der Waals surface area contributed by atoms with Crippen molar-refractivity contribution in [3.05, 3.63) is 24.4 Å². The molecule has 1 unspecified atom stereocenters. The second-order valence-electron chi connectivity index (χ2n) is 3.89. The Kier molecular flexibility index (Phi) is 2.85. The van der Waals surface area contributed by atoms with Crippen LogP contribution in [0.3, 0.4) is 0 Å². The van der Waals surface area contributed by atoms with E-state index in [-0.39, 0.29) is 12.3 Å². The molecule has 0 amide bonds. The predicted molar refractivity (Wildman–Crippen MR) is 56.8 cm³/mol. The Bertz CT molecular complexity index is 340. The zero-order valence-electron chi connectivity index (χ0n) is 8.47. The van der Waals surface area contributed by atoms with Gasteiger partial charge < -0.3 is 10.0 Å². The summed E-state index contributed by atoms with van der Waals surface area (Å²) in [6.07, 6.45) is 2.98. The minimum Gasteiger partial charge on any atom is -0.481 e. The number of anilines is 1. The summed E-state index contributed by atoms with van der Waals surface area (Å²) in [5.74, 6) is 0.512. The molecule has 1 aliphatic rings. The van der Waals surface area contributed by atoms with Gasteiger partial charge in [0.1, 0.15) is 5.82 Å². The fourth-order valence-electron chi connectivity index (χ4n) is 2.00. The highest BCUT2D eigenvalue weighted by atomic mass is 16.4. The van der Waals surface area contributed by atoms with E-state index in [9.17, 15) is 4.79 Å². The summed E-state index contributed by atoms with van der Waals surface area (Å²) in [4.78, 5) is 17.0. The van der Waals surface area contributed by atoms with Gasteiger partial charge in [0, 0.05) is 25.7 Å². The van der Waals surface area contributed by atoms with E-state index in [2.05, 4.69) is 9.88 Å². The molecule has 1 aliphatic heterocycles. The maximum absolute atomic E-state index is 10.6. The van der Waals surface area contributed by atoms with Crippen LogP contribution in [-0.4, -0.2) is 29.1 Å². The molecule has 80 valence electrons. The van der Waals surface area contributed by atoms with Crippen molar-refractivity contribution in [2.45, 2.75) is 12.8 Å². The van der Waals surface area contributed by atoms with E-state index >= 15 is 0 Å². The third kappa shape index (κ3) is 2.46. The number of carboxylic acid groups (broad SMARTS) is 1. The van der Waals surface area contributed by atoms with E-state index in [1.165, 1.54) is 0 Å². The normalized spacial score (nSPS) is 20.5. The van der Waals surface area contributed by atoms with Crippen molar-refractivity contribution < 1.29 is 9.90 Å². The second kappa shape index (κ2) is 4.29. The molecule has 0 bridgehead atoms. The van der Waals surface area contributed by atoms with Crippen molar-refractivity contribution in [3.8, 4) is 0 Å². The lowest BCUT2D eigenvalue weighted by Gasteiger charge is -2.16. The molecule has 2 rings (SSSR count). The maximum atomic E-state index is 10.6. The van der Waals surface area contributed by atoms with E-state index < -0.39 is 5.97 Å². The second-order valence-corrected chi connectivity index (χ2v) is 3.89. The predicted octanol–water partition coefficient (Wildman–Crippen LogP) is 1.38. The van der Waals surface area contributed by atoms with Crippen molar-refractivity contribution >= 4 is 11.8 Å². The minimum atomic E-state index is -0.706. The largest absolute Gasteiger partial charge is 0.481 e. The number of carboxylic acids is 1. The number of hydrogen-bond donors (Lipinski definition) is 1. The summed E-state index contributed by atoms with van der Waals surface area (Å²) in [5.41, 5.74) is 0. The monoisotopic (exact) mass is 206 g/mol. The van der Waals surface area contributed by atoms with Crippen LogP contribution < -0.4 is 4.90 Å². The average molecular weight is 206 g/mol. The highest BCUT2D eigenvalue weighted by molar-refractivity contribution is 5.67. The van der Waals surface area contributed by atoms with Crippen LogP contribution in [0.4, 0.5) is 5.82 Å². The van der Waals surface area contributed by atoms with Gasteiger partial charge in [0.25, 0.3) is 0 Å². The summed E-state index contributed by atoms with van der Waals surface area (Å²) >= 11 is 0. The SMILES string of the molecule is O=C(O)CC1CCN(c2ccccn2)C1. The smallest absolute Gasteiger partial charge is 0.303 e. The Hall–Kier alpha value is -1.58. The standard InChI is InChI=1S/C11H14N2O2/c14-11(15)7-9-4-6-13(8-9)10-3-1-2-5-12-10/h1-3,5,9H,4,6-8H2,(H,14,15). The van der Waals surface area contributed by atoms with Gasteiger partial charge in [0.05, 0.1) is 0 Å². The molecule has 4 nitrogen and oxygen atoms in total. The van der Waals surface area contributed by atoms with Crippen LogP contribution in [0.5, 0.6) is 0 Å². The van der Waals surface area contributed by atoms with Crippen molar-refractivity contribution in [3.63, 3.8) is 0 Å². The van der Waals surface area contributed by atoms with Gasteiger partial charge in [-0.3, -0.25) is 4.79 Å². The molecular formula is C11H14N2O2. The van der Waals surface area contributed by atoms with Crippen LogP contribution in [0.1, 0.15) is 12.8 Å². The highest BCUT2D eigenvalue weighted by Gasteiger charge is 2.24. The zero-order chi connectivity index (χ0) is 10.7. The van der Waals surface area contributed by atoms with Gasteiger partial charge in [0.15, 0.2) is 0 Å². The fraction of sp³-hybridized carbons (Fsp3) is 0.455. The first kappa shape index (κ1) is 9.96. The molecule has 1 atom stereocenters. The molecule has 0 aliphatic carbocycles. The molecule has 0 spiro atoms. The van der Waals surface area contributed by atoms with Crippen molar-refractivity contribution in [1.82, 2.24) is 4.98 Å². The van der Waals surface area contributed by atoms with Crippen LogP contribution >= 0.6 is 0 Å². The molecule has 0 saturated carbocycles. The van der Waals surface area contributed by atoms with Gasteiger partial charge >= 0.3 is 5.97 Å². The summed E-state index contributed by atoms with van der Waals surface area (Å²) in [5, 5.41) is 8.70. The number of pyridine rings is 1. The van der Waals surface area contributed by atoms with Crippen LogP contribution in [0.2, 0.25) is 0 Å². The van der Waals surface area contributed by atoms with E-state index in [4.69, 9.17) is 5.11 Å². The Morgan fingerprint density at radius 1 is 1.60 bits per heavy atom.